The first-order valence-electron chi connectivity index (χ1n) is 7.61. The smallest absolute Gasteiger partial charge is 0.305 e. The maximum absolute atomic E-state index is 10.8. The van der Waals surface area contributed by atoms with E-state index in [0.717, 1.165) is 13.0 Å². The van der Waals surface area contributed by atoms with E-state index in [2.05, 4.69) is 11.7 Å². The minimum Gasteiger partial charge on any atom is -0.469 e. The number of unbranched alkanes of at least 4 members (excludes halogenated alkanes) is 3. The second-order valence-corrected chi connectivity index (χ2v) is 4.58. The molecule has 0 aromatic rings. The van der Waals surface area contributed by atoms with Gasteiger partial charge >= 0.3 is 5.97 Å². The largest absolute Gasteiger partial charge is 0.469 e. The Kier molecular flexibility index (Phi) is 15.9. The summed E-state index contributed by atoms with van der Waals surface area (Å²) in [5.41, 5.74) is 0. The number of carbonyl (C=O) groups excluding carboxylic acids is 1. The van der Waals surface area contributed by atoms with Crippen LogP contribution < -0.4 is 0 Å². The minimum absolute atomic E-state index is 0.194. The van der Waals surface area contributed by atoms with Crippen molar-refractivity contribution in [3.63, 3.8) is 0 Å². The Morgan fingerprint density at radius 1 is 0.750 bits per heavy atom. The van der Waals surface area contributed by atoms with E-state index in [1.165, 1.54) is 26.4 Å². The summed E-state index contributed by atoms with van der Waals surface area (Å²) in [4.78, 5) is 10.8. The van der Waals surface area contributed by atoms with Crippen molar-refractivity contribution in [2.24, 2.45) is 0 Å². The molecule has 0 saturated carbocycles. The van der Waals surface area contributed by atoms with Gasteiger partial charge < -0.3 is 18.9 Å². The van der Waals surface area contributed by atoms with Crippen LogP contribution in [0.4, 0.5) is 0 Å². The molecule has 5 heteroatoms. The molecule has 0 aliphatic carbocycles. The van der Waals surface area contributed by atoms with Gasteiger partial charge in [-0.2, -0.15) is 0 Å². The van der Waals surface area contributed by atoms with Crippen LogP contribution in [0.3, 0.4) is 0 Å². The fourth-order valence-corrected chi connectivity index (χ4v) is 1.59. The van der Waals surface area contributed by atoms with E-state index in [0.29, 0.717) is 45.9 Å². The Morgan fingerprint density at radius 3 is 1.85 bits per heavy atom. The van der Waals surface area contributed by atoms with Crippen LogP contribution in [-0.4, -0.2) is 52.7 Å². The standard InChI is InChI=1S/C15H30O5/c1-3-4-5-6-9-18-11-13-20-14-12-19-10-7-8-15(16)17-2/h3-14H2,1-2H3. The molecular formula is C15H30O5. The van der Waals surface area contributed by atoms with E-state index in [1.807, 2.05) is 0 Å². The van der Waals surface area contributed by atoms with Crippen molar-refractivity contribution in [3.8, 4) is 0 Å². The SMILES string of the molecule is CCCCCCOCCOCCOCCCC(=O)OC. The van der Waals surface area contributed by atoms with Gasteiger partial charge in [-0.05, 0) is 12.8 Å². The number of methoxy groups -OCH3 is 1. The lowest BCUT2D eigenvalue weighted by Crippen LogP contribution is -2.11. The van der Waals surface area contributed by atoms with Crippen LogP contribution >= 0.6 is 0 Å². The first-order valence-corrected chi connectivity index (χ1v) is 7.61. The van der Waals surface area contributed by atoms with Crippen LogP contribution in [0.5, 0.6) is 0 Å². The highest BCUT2D eigenvalue weighted by molar-refractivity contribution is 5.68. The maximum atomic E-state index is 10.8. The first kappa shape index (κ1) is 19.4. The molecule has 0 aromatic heterocycles. The Morgan fingerprint density at radius 2 is 1.30 bits per heavy atom. The van der Waals surface area contributed by atoms with Crippen molar-refractivity contribution in [3.05, 3.63) is 0 Å². The van der Waals surface area contributed by atoms with Gasteiger partial charge in [0, 0.05) is 19.6 Å². The Hall–Kier alpha value is -0.650. The molecule has 0 unspecified atom stereocenters. The second-order valence-electron chi connectivity index (χ2n) is 4.58. The third kappa shape index (κ3) is 15.4. The molecular weight excluding hydrogens is 260 g/mol. The number of ether oxygens (including phenoxy) is 4. The molecule has 0 amide bonds. The van der Waals surface area contributed by atoms with Crippen molar-refractivity contribution in [1.82, 2.24) is 0 Å². The number of esters is 1. The number of rotatable bonds is 15. The molecule has 0 spiro atoms. The average molecular weight is 290 g/mol. The predicted molar refractivity (Wildman–Crippen MR) is 77.8 cm³/mol. The van der Waals surface area contributed by atoms with Crippen molar-refractivity contribution in [1.29, 1.82) is 0 Å². The molecule has 0 rings (SSSR count). The third-order valence-corrected chi connectivity index (χ3v) is 2.78. The quantitative estimate of drug-likeness (QED) is 0.343. The molecule has 0 bridgehead atoms. The van der Waals surface area contributed by atoms with Crippen molar-refractivity contribution < 1.29 is 23.7 Å². The molecule has 0 fully saturated rings. The van der Waals surface area contributed by atoms with E-state index < -0.39 is 0 Å². The third-order valence-electron chi connectivity index (χ3n) is 2.78. The van der Waals surface area contributed by atoms with Gasteiger partial charge in [0.1, 0.15) is 0 Å². The monoisotopic (exact) mass is 290 g/mol. The van der Waals surface area contributed by atoms with Gasteiger partial charge in [0.15, 0.2) is 0 Å². The maximum Gasteiger partial charge on any atom is 0.305 e. The molecule has 0 aliphatic rings. The van der Waals surface area contributed by atoms with Crippen LogP contribution in [0, 0.1) is 0 Å². The molecule has 0 radical (unpaired) electrons. The zero-order valence-corrected chi connectivity index (χ0v) is 13.0. The molecule has 120 valence electrons. The van der Waals surface area contributed by atoms with Crippen LogP contribution in [0.1, 0.15) is 45.4 Å². The predicted octanol–water partition coefficient (Wildman–Crippen LogP) is 2.57. The van der Waals surface area contributed by atoms with E-state index in [1.54, 1.807) is 0 Å². The fraction of sp³-hybridized carbons (Fsp3) is 0.933. The molecule has 0 aliphatic heterocycles. The van der Waals surface area contributed by atoms with Crippen LogP contribution in [0.2, 0.25) is 0 Å². The summed E-state index contributed by atoms with van der Waals surface area (Å²) < 4.78 is 20.7. The lowest BCUT2D eigenvalue weighted by molar-refractivity contribution is -0.141. The van der Waals surface area contributed by atoms with Gasteiger partial charge in [0.25, 0.3) is 0 Å². The fourth-order valence-electron chi connectivity index (χ4n) is 1.59. The lowest BCUT2D eigenvalue weighted by atomic mass is 10.2. The van der Waals surface area contributed by atoms with Gasteiger partial charge in [-0.25, -0.2) is 0 Å². The van der Waals surface area contributed by atoms with Crippen molar-refractivity contribution >= 4 is 5.97 Å². The van der Waals surface area contributed by atoms with Crippen LogP contribution in [-0.2, 0) is 23.7 Å². The summed E-state index contributed by atoms with van der Waals surface area (Å²) in [6.07, 6.45) is 6.01. The van der Waals surface area contributed by atoms with Crippen LogP contribution in [0.15, 0.2) is 0 Å². The molecule has 0 atom stereocenters. The number of carbonyl (C=O) groups is 1. The molecule has 0 aromatic carbocycles. The average Bonchev–Trinajstić information content (AvgIpc) is 2.47. The summed E-state index contributed by atoms with van der Waals surface area (Å²) in [5, 5.41) is 0. The highest BCUT2D eigenvalue weighted by atomic mass is 16.5. The summed E-state index contributed by atoms with van der Waals surface area (Å²) >= 11 is 0. The second kappa shape index (κ2) is 16.4. The van der Waals surface area contributed by atoms with Gasteiger partial charge in [0.05, 0.1) is 33.5 Å². The summed E-state index contributed by atoms with van der Waals surface area (Å²) in [6.45, 7) is 5.97. The van der Waals surface area contributed by atoms with E-state index in [-0.39, 0.29) is 5.97 Å². The van der Waals surface area contributed by atoms with E-state index in [4.69, 9.17) is 14.2 Å². The zero-order valence-electron chi connectivity index (χ0n) is 13.0. The Labute approximate surface area is 122 Å². The van der Waals surface area contributed by atoms with Gasteiger partial charge in [-0.1, -0.05) is 26.2 Å². The van der Waals surface area contributed by atoms with Gasteiger partial charge in [-0.15, -0.1) is 0 Å². The van der Waals surface area contributed by atoms with E-state index in [9.17, 15) is 4.79 Å². The summed E-state index contributed by atoms with van der Waals surface area (Å²) in [6, 6.07) is 0. The summed E-state index contributed by atoms with van der Waals surface area (Å²) in [7, 11) is 1.39. The Bertz CT molecular complexity index is 208. The number of hydrogen-bond donors (Lipinski definition) is 0. The Balaban J connectivity index is 2.97. The summed E-state index contributed by atoms with van der Waals surface area (Å²) in [5.74, 6) is -0.194. The molecule has 20 heavy (non-hydrogen) atoms. The molecule has 0 N–H and O–H groups in total. The minimum atomic E-state index is -0.194. The van der Waals surface area contributed by atoms with Crippen LogP contribution in [0.25, 0.3) is 0 Å². The highest BCUT2D eigenvalue weighted by Gasteiger charge is 1.99. The van der Waals surface area contributed by atoms with Gasteiger partial charge in [-0.3, -0.25) is 4.79 Å². The molecule has 5 nitrogen and oxygen atoms in total. The first-order chi connectivity index (χ1) is 9.81. The highest BCUT2D eigenvalue weighted by Crippen LogP contribution is 1.98. The molecule has 0 heterocycles. The lowest BCUT2D eigenvalue weighted by Gasteiger charge is -2.06. The normalized spacial score (nSPS) is 10.7. The van der Waals surface area contributed by atoms with E-state index >= 15 is 0 Å². The van der Waals surface area contributed by atoms with Crippen molar-refractivity contribution in [2.45, 2.75) is 45.4 Å². The van der Waals surface area contributed by atoms with Gasteiger partial charge in [0.2, 0.25) is 0 Å². The number of hydrogen-bond acceptors (Lipinski definition) is 5. The molecule has 0 saturated heterocycles. The topological polar surface area (TPSA) is 54.0 Å². The van der Waals surface area contributed by atoms with Crippen molar-refractivity contribution in [2.75, 3.05) is 46.8 Å². The zero-order chi connectivity index (χ0) is 14.9.